The van der Waals surface area contributed by atoms with E-state index in [1.54, 1.807) is 18.2 Å². The molecule has 8 heteroatoms. The second-order valence-corrected chi connectivity index (χ2v) is 8.36. The van der Waals surface area contributed by atoms with Crippen LogP contribution in [0.5, 0.6) is 11.5 Å². The van der Waals surface area contributed by atoms with Crippen LogP contribution in [0.1, 0.15) is 30.6 Å². The van der Waals surface area contributed by atoms with Crippen molar-refractivity contribution in [3.05, 3.63) is 59.9 Å². The number of halogens is 1. The number of carboxylic acids is 1. The first-order valence-corrected chi connectivity index (χ1v) is 10.1. The van der Waals surface area contributed by atoms with Crippen molar-refractivity contribution in [3.8, 4) is 11.5 Å². The number of hydrogen-bond acceptors (Lipinski definition) is 4. The van der Waals surface area contributed by atoms with Gasteiger partial charge >= 0.3 is 5.97 Å². The molecular weight excluding hydrogens is 403 g/mol. The van der Waals surface area contributed by atoms with E-state index in [1.165, 1.54) is 35.2 Å². The molecule has 1 saturated carbocycles. The van der Waals surface area contributed by atoms with Crippen LogP contribution in [0, 0.1) is 17.2 Å². The highest BCUT2D eigenvalue weighted by atomic mass is 19.1. The molecule has 162 valence electrons. The summed E-state index contributed by atoms with van der Waals surface area (Å²) in [6.45, 7) is 3.72. The Balaban J connectivity index is 1.39. The lowest BCUT2D eigenvalue weighted by Gasteiger charge is -2.25. The van der Waals surface area contributed by atoms with E-state index in [1.807, 2.05) is 13.8 Å². The van der Waals surface area contributed by atoms with Gasteiger partial charge in [0.25, 0.3) is 5.91 Å². The largest absolute Gasteiger partial charge is 0.480 e. The normalized spacial score (nSPS) is 26.2. The molecule has 0 unspecified atom stereocenters. The Morgan fingerprint density at radius 2 is 1.90 bits per heavy atom. The summed E-state index contributed by atoms with van der Waals surface area (Å²) < 4.78 is 18.6. The van der Waals surface area contributed by atoms with Gasteiger partial charge in [-0.1, -0.05) is 19.9 Å². The molecule has 2 aromatic carbocycles. The number of benzene rings is 2. The fourth-order valence-electron chi connectivity index (χ4n) is 4.57. The molecule has 2 fully saturated rings. The van der Waals surface area contributed by atoms with Crippen LogP contribution in [-0.2, 0) is 9.59 Å². The molecule has 31 heavy (non-hydrogen) atoms. The smallest absolute Gasteiger partial charge is 0.326 e. The summed E-state index contributed by atoms with van der Waals surface area (Å²) in [5.74, 6) is -1.24. The summed E-state index contributed by atoms with van der Waals surface area (Å²) >= 11 is 0. The molecule has 0 aromatic heterocycles. The number of amides is 2. The van der Waals surface area contributed by atoms with E-state index in [2.05, 4.69) is 5.32 Å². The molecule has 0 radical (unpaired) electrons. The third-order valence-electron chi connectivity index (χ3n) is 6.47. The summed E-state index contributed by atoms with van der Waals surface area (Å²) in [4.78, 5) is 38.3. The minimum Gasteiger partial charge on any atom is -0.480 e. The van der Waals surface area contributed by atoms with Crippen LogP contribution in [0.3, 0.4) is 0 Å². The van der Waals surface area contributed by atoms with Gasteiger partial charge in [-0.05, 0) is 60.2 Å². The molecule has 2 aromatic rings. The van der Waals surface area contributed by atoms with E-state index in [-0.39, 0.29) is 35.3 Å². The van der Waals surface area contributed by atoms with Gasteiger partial charge in [-0.3, -0.25) is 9.59 Å². The van der Waals surface area contributed by atoms with Gasteiger partial charge < -0.3 is 20.1 Å². The Morgan fingerprint density at radius 1 is 1.19 bits per heavy atom. The lowest BCUT2D eigenvalue weighted by atomic mass is 9.99. The zero-order valence-corrected chi connectivity index (χ0v) is 17.2. The molecule has 1 aliphatic carbocycles. The van der Waals surface area contributed by atoms with E-state index in [0.29, 0.717) is 17.9 Å². The number of carbonyl (C=O) groups excluding carboxylic acids is 2. The topological polar surface area (TPSA) is 95.9 Å². The van der Waals surface area contributed by atoms with Crippen molar-refractivity contribution >= 4 is 17.8 Å². The Kier molecular flexibility index (Phi) is 5.16. The maximum atomic E-state index is 13.0. The van der Waals surface area contributed by atoms with Crippen molar-refractivity contribution in [2.24, 2.45) is 11.3 Å². The van der Waals surface area contributed by atoms with Gasteiger partial charge in [0.2, 0.25) is 5.91 Å². The summed E-state index contributed by atoms with van der Waals surface area (Å²) in [5, 5.41) is 12.0. The van der Waals surface area contributed by atoms with Crippen LogP contribution >= 0.6 is 0 Å². The monoisotopic (exact) mass is 426 g/mol. The minimum atomic E-state index is -1.02. The van der Waals surface area contributed by atoms with Crippen molar-refractivity contribution < 1.29 is 28.6 Å². The average molecular weight is 426 g/mol. The summed E-state index contributed by atoms with van der Waals surface area (Å²) in [7, 11) is 0. The summed E-state index contributed by atoms with van der Waals surface area (Å²) in [6.07, 6.45) is 0.427. The van der Waals surface area contributed by atoms with Gasteiger partial charge in [-0.15, -0.1) is 0 Å². The highest BCUT2D eigenvalue weighted by Gasteiger charge is 2.70. The molecule has 7 nitrogen and oxygen atoms in total. The lowest BCUT2D eigenvalue weighted by molar-refractivity contribution is -0.149. The van der Waals surface area contributed by atoms with E-state index < -0.39 is 23.8 Å². The fraction of sp³-hybridized carbons (Fsp3) is 0.348. The second kappa shape index (κ2) is 7.68. The lowest BCUT2D eigenvalue weighted by Crippen LogP contribution is -2.48. The van der Waals surface area contributed by atoms with Crippen molar-refractivity contribution in [2.75, 3.05) is 6.54 Å². The number of carbonyl (C=O) groups is 3. The Morgan fingerprint density at radius 3 is 2.58 bits per heavy atom. The molecule has 4 atom stereocenters. The van der Waals surface area contributed by atoms with Gasteiger partial charge in [-0.25, -0.2) is 9.18 Å². The number of aliphatic carboxylic acids is 1. The van der Waals surface area contributed by atoms with E-state index in [0.717, 1.165) is 0 Å². The number of carboxylic acid groups (broad SMARTS) is 1. The van der Waals surface area contributed by atoms with Crippen LogP contribution in [0.2, 0.25) is 0 Å². The van der Waals surface area contributed by atoms with Gasteiger partial charge in [0, 0.05) is 11.6 Å². The SMILES string of the molecule is C[C@@H]1[C@@H]2N(C(=O)CNC(=O)c3cccc(Oc4ccc(F)cc4)c3)[C@H](C(=O)O)C[C@]12C. The first kappa shape index (κ1) is 20.8. The fourth-order valence-corrected chi connectivity index (χ4v) is 4.57. The molecule has 1 heterocycles. The van der Waals surface area contributed by atoms with Crippen molar-refractivity contribution in [1.82, 2.24) is 10.2 Å². The summed E-state index contributed by atoms with van der Waals surface area (Å²) in [5.41, 5.74) is 0.114. The number of nitrogens with zero attached hydrogens (tertiary/aromatic N) is 1. The number of hydrogen-bond donors (Lipinski definition) is 2. The van der Waals surface area contributed by atoms with Gasteiger partial charge in [0.1, 0.15) is 23.4 Å². The van der Waals surface area contributed by atoms with E-state index >= 15 is 0 Å². The van der Waals surface area contributed by atoms with Crippen LogP contribution in [-0.4, -0.2) is 46.4 Å². The van der Waals surface area contributed by atoms with Gasteiger partial charge in [-0.2, -0.15) is 0 Å². The standard InChI is InChI=1S/C23H23FN2O5/c1-13-20-23(13,2)11-18(22(29)30)26(20)19(27)12-25-21(28)14-4-3-5-17(10-14)31-16-8-6-15(24)7-9-16/h3-10,13,18,20H,11-12H2,1-2H3,(H,25,28)(H,29,30)/t13-,18+,20+,23-/m1/s1. The van der Waals surface area contributed by atoms with Crippen LogP contribution in [0.25, 0.3) is 0 Å². The first-order valence-electron chi connectivity index (χ1n) is 10.1. The number of nitrogens with one attached hydrogen (secondary N) is 1. The third kappa shape index (κ3) is 3.85. The van der Waals surface area contributed by atoms with Crippen LogP contribution in [0.4, 0.5) is 4.39 Å². The Labute approximate surface area is 178 Å². The first-order chi connectivity index (χ1) is 14.7. The molecule has 1 saturated heterocycles. The van der Waals surface area contributed by atoms with E-state index in [9.17, 15) is 23.9 Å². The van der Waals surface area contributed by atoms with Crippen molar-refractivity contribution in [2.45, 2.75) is 32.4 Å². The number of fused-ring (bicyclic) bond motifs is 1. The van der Waals surface area contributed by atoms with E-state index in [4.69, 9.17) is 4.74 Å². The predicted molar refractivity (Wildman–Crippen MR) is 109 cm³/mol. The number of likely N-dealkylation sites (tertiary alicyclic amines) is 1. The third-order valence-corrected chi connectivity index (χ3v) is 6.47. The van der Waals surface area contributed by atoms with Crippen LogP contribution < -0.4 is 10.1 Å². The summed E-state index contributed by atoms with van der Waals surface area (Å²) in [6, 6.07) is 10.9. The second-order valence-electron chi connectivity index (χ2n) is 8.36. The Hall–Kier alpha value is -3.42. The van der Waals surface area contributed by atoms with Crippen LogP contribution in [0.15, 0.2) is 48.5 Å². The van der Waals surface area contributed by atoms with Crippen molar-refractivity contribution in [3.63, 3.8) is 0 Å². The zero-order valence-electron chi connectivity index (χ0n) is 17.2. The molecule has 2 aliphatic rings. The van der Waals surface area contributed by atoms with Crippen molar-refractivity contribution in [1.29, 1.82) is 0 Å². The Bertz CT molecular complexity index is 1040. The zero-order chi connectivity index (χ0) is 22.3. The van der Waals surface area contributed by atoms with Gasteiger partial charge in [0.05, 0.1) is 6.54 Å². The molecule has 2 amide bonds. The maximum Gasteiger partial charge on any atom is 0.326 e. The molecule has 4 rings (SSSR count). The number of piperidine rings is 1. The van der Waals surface area contributed by atoms with Gasteiger partial charge in [0.15, 0.2) is 0 Å². The average Bonchev–Trinajstić information content (AvgIpc) is 3.10. The highest BCUT2D eigenvalue weighted by Crippen LogP contribution is 2.63. The number of ether oxygens (including phenoxy) is 1. The molecular formula is C23H23FN2O5. The predicted octanol–water partition coefficient (Wildman–Crippen LogP) is 3.06. The maximum absolute atomic E-state index is 13.0. The molecule has 2 N–H and O–H groups in total. The minimum absolute atomic E-state index is 0.106. The quantitative estimate of drug-likeness (QED) is 0.740. The highest BCUT2D eigenvalue weighted by molar-refractivity contribution is 5.97. The molecule has 0 bridgehead atoms. The number of rotatable bonds is 6. The molecule has 0 spiro atoms. The molecule has 1 aliphatic heterocycles.